The van der Waals surface area contributed by atoms with E-state index >= 15 is 0 Å². The van der Waals surface area contributed by atoms with E-state index in [2.05, 4.69) is 15.4 Å². The smallest absolute Gasteiger partial charge is 0.269 e. The summed E-state index contributed by atoms with van der Waals surface area (Å²) in [5.74, 6) is -1.19. The largest absolute Gasteiger partial charge is 0.353 e. The highest BCUT2D eigenvalue weighted by atomic mass is 16.6. The van der Waals surface area contributed by atoms with Gasteiger partial charge in [0.05, 0.1) is 24.2 Å². The van der Waals surface area contributed by atoms with Crippen molar-refractivity contribution in [2.45, 2.75) is 25.9 Å². The number of nitrogens with one attached hydrogen (secondary N) is 1. The number of nitro benzene ring substituents is 1. The Morgan fingerprint density at radius 1 is 1.18 bits per heavy atom. The van der Waals surface area contributed by atoms with E-state index in [9.17, 15) is 29.3 Å². The van der Waals surface area contributed by atoms with Crippen LogP contribution in [0.15, 0.2) is 41.6 Å². The minimum atomic E-state index is -0.503. The van der Waals surface area contributed by atoms with Gasteiger partial charge in [-0.25, -0.2) is 9.67 Å². The average molecular weight is 453 g/mol. The zero-order valence-corrected chi connectivity index (χ0v) is 17.3. The molecule has 0 aliphatic carbocycles. The number of carbonyl (C=O) groups is 3. The number of non-ortho nitro benzene ring substituents is 1. The quantitative estimate of drug-likeness (QED) is 0.279. The van der Waals surface area contributed by atoms with Crippen LogP contribution in [-0.4, -0.2) is 60.0 Å². The highest BCUT2D eigenvalue weighted by Crippen LogP contribution is 2.14. The van der Waals surface area contributed by atoms with Gasteiger partial charge in [0.15, 0.2) is 5.65 Å². The molecule has 4 rings (SSSR count). The molecular formula is C20H19N7O6. The number of rotatable bonds is 8. The fraction of sp³-hybridized carbons (Fsp3) is 0.300. The first kappa shape index (κ1) is 21.8. The Kier molecular flexibility index (Phi) is 5.93. The van der Waals surface area contributed by atoms with Crippen LogP contribution in [0.3, 0.4) is 0 Å². The first-order valence-corrected chi connectivity index (χ1v) is 10.1. The van der Waals surface area contributed by atoms with E-state index in [1.807, 2.05) is 0 Å². The zero-order valence-electron chi connectivity index (χ0n) is 17.3. The number of imide groups is 1. The first-order chi connectivity index (χ1) is 15.8. The van der Waals surface area contributed by atoms with Crippen LogP contribution >= 0.6 is 0 Å². The van der Waals surface area contributed by atoms with Crippen LogP contribution in [0.25, 0.3) is 11.0 Å². The lowest BCUT2D eigenvalue weighted by molar-refractivity contribution is -0.384. The molecule has 1 aromatic carbocycles. The Hall–Kier alpha value is -4.42. The maximum atomic E-state index is 12.8. The van der Waals surface area contributed by atoms with E-state index in [1.54, 1.807) is 12.1 Å². The molecule has 1 saturated heterocycles. The summed E-state index contributed by atoms with van der Waals surface area (Å²) < 4.78 is 2.79. The van der Waals surface area contributed by atoms with E-state index in [0.29, 0.717) is 11.2 Å². The summed E-state index contributed by atoms with van der Waals surface area (Å²) in [7, 11) is 0. The number of nitrogens with zero attached hydrogens (tertiary/aromatic N) is 6. The Labute approximate surface area is 185 Å². The van der Waals surface area contributed by atoms with Crippen LogP contribution in [0.1, 0.15) is 18.4 Å². The van der Waals surface area contributed by atoms with Gasteiger partial charge in [0.25, 0.3) is 11.2 Å². The molecule has 3 amide bonds. The molecule has 1 N–H and O–H groups in total. The minimum Gasteiger partial charge on any atom is -0.353 e. The van der Waals surface area contributed by atoms with Crippen molar-refractivity contribution in [1.29, 1.82) is 0 Å². The van der Waals surface area contributed by atoms with Crippen molar-refractivity contribution in [3.63, 3.8) is 0 Å². The number of amides is 3. The maximum absolute atomic E-state index is 12.8. The van der Waals surface area contributed by atoms with E-state index < -0.39 is 10.8 Å². The average Bonchev–Trinajstić information content (AvgIpc) is 3.34. The highest BCUT2D eigenvalue weighted by molar-refractivity contribution is 6.04. The van der Waals surface area contributed by atoms with Crippen molar-refractivity contribution < 1.29 is 19.3 Å². The number of benzene rings is 1. The number of hydrogen-bond acceptors (Lipinski definition) is 8. The number of fused-ring (bicyclic) bond motifs is 1. The monoisotopic (exact) mass is 453 g/mol. The van der Waals surface area contributed by atoms with Gasteiger partial charge in [-0.15, -0.1) is 0 Å². The summed E-state index contributed by atoms with van der Waals surface area (Å²) in [4.78, 5) is 63.7. The van der Waals surface area contributed by atoms with Gasteiger partial charge >= 0.3 is 0 Å². The van der Waals surface area contributed by atoms with E-state index in [4.69, 9.17) is 0 Å². The molecule has 1 aliphatic heterocycles. The third kappa shape index (κ3) is 4.61. The second kappa shape index (κ2) is 8.98. The molecule has 2 aromatic heterocycles. The van der Waals surface area contributed by atoms with Crippen molar-refractivity contribution >= 4 is 34.4 Å². The van der Waals surface area contributed by atoms with Crippen LogP contribution in [0.4, 0.5) is 5.69 Å². The molecule has 13 heteroatoms. The fourth-order valence-electron chi connectivity index (χ4n) is 3.54. The third-order valence-corrected chi connectivity index (χ3v) is 5.20. The van der Waals surface area contributed by atoms with Gasteiger partial charge in [0.1, 0.15) is 18.3 Å². The Morgan fingerprint density at radius 2 is 1.94 bits per heavy atom. The summed E-state index contributed by atoms with van der Waals surface area (Å²) in [5.41, 5.74) is 0.489. The molecular weight excluding hydrogens is 434 g/mol. The number of aromatic nitrogens is 4. The molecule has 13 nitrogen and oxygen atoms in total. The summed E-state index contributed by atoms with van der Waals surface area (Å²) >= 11 is 0. The Balaban J connectivity index is 1.41. The van der Waals surface area contributed by atoms with Crippen LogP contribution in [0.5, 0.6) is 0 Å². The zero-order chi connectivity index (χ0) is 23.5. The molecule has 33 heavy (non-hydrogen) atoms. The molecule has 3 aromatic rings. The summed E-state index contributed by atoms with van der Waals surface area (Å²) in [6.07, 6.45) is 2.95. The van der Waals surface area contributed by atoms with Crippen molar-refractivity contribution in [1.82, 2.24) is 29.5 Å². The summed E-state index contributed by atoms with van der Waals surface area (Å²) in [6, 6.07) is 5.99. The Morgan fingerprint density at radius 3 is 2.67 bits per heavy atom. The predicted molar refractivity (Wildman–Crippen MR) is 113 cm³/mol. The van der Waals surface area contributed by atoms with E-state index in [0.717, 1.165) is 4.90 Å². The van der Waals surface area contributed by atoms with Crippen LogP contribution in [0, 0.1) is 10.1 Å². The van der Waals surface area contributed by atoms with Crippen molar-refractivity contribution in [2.24, 2.45) is 0 Å². The van der Waals surface area contributed by atoms with Gasteiger partial charge in [-0.3, -0.25) is 38.8 Å². The van der Waals surface area contributed by atoms with Gasteiger partial charge in [0.2, 0.25) is 17.7 Å². The number of nitro groups is 1. The molecule has 1 fully saturated rings. The number of carbonyl (C=O) groups excluding carboxylic acids is 3. The normalized spacial score (nSPS) is 13.6. The summed E-state index contributed by atoms with van der Waals surface area (Å²) in [6.45, 7) is 0.166. The number of hydrogen-bond donors (Lipinski definition) is 1. The predicted octanol–water partition coefficient (Wildman–Crippen LogP) is -0.185. The lowest BCUT2D eigenvalue weighted by Crippen LogP contribution is -2.40. The Bertz CT molecular complexity index is 1310. The highest BCUT2D eigenvalue weighted by Gasteiger charge is 2.30. The molecule has 0 atom stereocenters. The first-order valence-electron chi connectivity index (χ1n) is 10.1. The van der Waals surface area contributed by atoms with Crippen molar-refractivity contribution in [3.05, 3.63) is 62.8 Å². The molecule has 0 unspecified atom stereocenters. The summed E-state index contributed by atoms with van der Waals surface area (Å²) in [5, 5.41) is 18.0. The van der Waals surface area contributed by atoms with Crippen LogP contribution < -0.4 is 10.9 Å². The van der Waals surface area contributed by atoms with Gasteiger partial charge in [-0.2, -0.15) is 5.10 Å². The number of likely N-dealkylation sites (tertiary alicyclic amines) is 1. The van der Waals surface area contributed by atoms with Gasteiger partial charge in [-0.1, -0.05) is 12.1 Å². The molecule has 0 spiro atoms. The van der Waals surface area contributed by atoms with Gasteiger partial charge in [0, 0.05) is 31.5 Å². The van der Waals surface area contributed by atoms with Gasteiger partial charge < -0.3 is 5.32 Å². The lowest BCUT2D eigenvalue weighted by atomic mass is 10.2. The molecule has 3 heterocycles. The van der Waals surface area contributed by atoms with Crippen molar-refractivity contribution in [3.8, 4) is 0 Å². The standard InChI is InChI=1S/C20H19N7O6/c28-16(11-25-17(29)4-5-18(25)30)21-6-7-26-19-15(9-23-26)20(31)24(12-22-19)10-13-2-1-3-14(8-13)27(32)33/h1-3,8-9,12H,4-7,10-11H2,(H,21,28). The topological polar surface area (TPSA) is 162 Å². The van der Waals surface area contributed by atoms with Gasteiger partial charge in [-0.05, 0) is 5.56 Å². The molecule has 1 aliphatic rings. The lowest BCUT2D eigenvalue weighted by Gasteiger charge is -2.13. The van der Waals surface area contributed by atoms with E-state index in [-0.39, 0.29) is 67.5 Å². The molecule has 0 saturated carbocycles. The minimum absolute atomic E-state index is 0.0667. The van der Waals surface area contributed by atoms with Crippen LogP contribution in [-0.2, 0) is 27.5 Å². The van der Waals surface area contributed by atoms with Crippen LogP contribution in [0.2, 0.25) is 0 Å². The molecule has 170 valence electrons. The SMILES string of the molecule is O=C(CN1C(=O)CCC1=O)NCCn1ncc2c(=O)n(Cc3cccc([N+](=O)[O-])c3)cnc21. The molecule has 0 bridgehead atoms. The second-order valence-corrected chi connectivity index (χ2v) is 7.43. The van der Waals surface area contributed by atoms with Crippen molar-refractivity contribution in [2.75, 3.05) is 13.1 Å². The molecule has 0 radical (unpaired) electrons. The second-order valence-electron chi connectivity index (χ2n) is 7.43. The van der Waals surface area contributed by atoms with E-state index in [1.165, 1.54) is 33.9 Å². The fourth-order valence-corrected chi connectivity index (χ4v) is 3.54. The maximum Gasteiger partial charge on any atom is 0.269 e. The third-order valence-electron chi connectivity index (χ3n) is 5.20.